The zero-order valence-electron chi connectivity index (χ0n) is 16.9. The van der Waals surface area contributed by atoms with E-state index in [1.165, 1.54) is 11.1 Å². The fourth-order valence-electron chi connectivity index (χ4n) is 4.61. The van der Waals surface area contributed by atoms with Crippen LogP contribution in [0.4, 0.5) is 0 Å². The van der Waals surface area contributed by atoms with Crippen molar-refractivity contribution in [2.75, 3.05) is 13.1 Å². The highest BCUT2D eigenvalue weighted by atomic mass is 16.5. The number of H-pyrrole nitrogens is 1. The average molecular weight is 390 g/mol. The van der Waals surface area contributed by atoms with Gasteiger partial charge < -0.3 is 19.4 Å². The Balaban J connectivity index is 1.32. The second-order valence-electron chi connectivity index (χ2n) is 8.33. The lowest BCUT2D eigenvalue weighted by molar-refractivity contribution is -0.0742. The third kappa shape index (κ3) is 3.19. The number of carbonyl (C=O) groups is 1. The molecule has 1 fully saturated rings. The number of benzene rings is 2. The number of ether oxygens (including phenoxy) is 2. The van der Waals surface area contributed by atoms with Crippen molar-refractivity contribution in [2.24, 2.45) is 0 Å². The van der Waals surface area contributed by atoms with Gasteiger partial charge in [0, 0.05) is 24.0 Å². The Bertz CT molecular complexity index is 1060. The van der Waals surface area contributed by atoms with Gasteiger partial charge in [-0.1, -0.05) is 24.3 Å². The molecule has 1 saturated heterocycles. The Kier molecular flexibility index (Phi) is 4.36. The van der Waals surface area contributed by atoms with Gasteiger partial charge in [-0.25, -0.2) is 0 Å². The zero-order chi connectivity index (χ0) is 20.0. The van der Waals surface area contributed by atoms with Crippen molar-refractivity contribution in [3.05, 3.63) is 65.4 Å². The van der Waals surface area contributed by atoms with E-state index in [0.717, 1.165) is 29.5 Å². The van der Waals surface area contributed by atoms with Crippen LogP contribution in [0.1, 0.15) is 48.3 Å². The van der Waals surface area contributed by atoms with Crippen molar-refractivity contribution in [3.63, 3.8) is 0 Å². The Morgan fingerprint density at radius 1 is 1.14 bits per heavy atom. The number of rotatable bonds is 3. The summed E-state index contributed by atoms with van der Waals surface area (Å²) in [6.45, 7) is 6.08. The summed E-state index contributed by atoms with van der Waals surface area (Å²) in [6.07, 6.45) is 1.79. The molecule has 2 aliphatic heterocycles. The predicted octanol–water partition coefficient (Wildman–Crippen LogP) is 4.62. The van der Waals surface area contributed by atoms with Gasteiger partial charge in [0.2, 0.25) is 0 Å². The Morgan fingerprint density at radius 3 is 2.72 bits per heavy atom. The van der Waals surface area contributed by atoms with Crippen molar-refractivity contribution in [1.82, 2.24) is 9.88 Å². The first-order chi connectivity index (χ1) is 14.0. The second-order valence-corrected chi connectivity index (χ2v) is 8.33. The fraction of sp³-hybridized carbons (Fsp3) is 0.375. The van der Waals surface area contributed by atoms with Crippen molar-refractivity contribution >= 4 is 16.8 Å². The molecule has 1 amide bonds. The quantitative estimate of drug-likeness (QED) is 0.710. The van der Waals surface area contributed by atoms with Crippen molar-refractivity contribution < 1.29 is 14.3 Å². The third-order valence-corrected chi connectivity index (χ3v) is 6.06. The van der Waals surface area contributed by atoms with Gasteiger partial charge in [-0.3, -0.25) is 4.79 Å². The van der Waals surface area contributed by atoms with E-state index in [9.17, 15) is 4.79 Å². The molecule has 1 spiro atoms. The predicted molar refractivity (Wildman–Crippen MR) is 112 cm³/mol. The fourth-order valence-corrected chi connectivity index (χ4v) is 4.61. The average Bonchev–Trinajstić information content (AvgIpc) is 3.30. The molecule has 0 bridgehead atoms. The van der Waals surface area contributed by atoms with E-state index in [1.807, 2.05) is 43.0 Å². The number of hydrogen-bond acceptors (Lipinski definition) is 3. The first-order valence-electron chi connectivity index (χ1n) is 10.4. The van der Waals surface area contributed by atoms with E-state index in [0.29, 0.717) is 25.4 Å². The van der Waals surface area contributed by atoms with Gasteiger partial charge in [-0.05, 0) is 62.1 Å². The molecule has 5 rings (SSSR count). The zero-order valence-corrected chi connectivity index (χ0v) is 16.9. The molecule has 0 aliphatic carbocycles. The van der Waals surface area contributed by atoms with Crippen LogP contribution in [-0.4, -0.2) is 35.0 Å². The minimum atomic E-state index is -0.225. The number of likely N-dealkylation sites (tertiary alicyclic amines) is 1. The summed E-state index contributed by atoms with van der Waals surface area (Å²) >= 11 is 0. The monoisotopic (exact) mass is 390 g/mol. The standard InChI is InChI=1S/C24H26N2O3/c1-16(2)29-19-7-8-21-18(13-19)14-22(25-21)23(27)26-11-9-24(10-12-26)20-6-4-3-5-17(20)15-28-24/h3-8,13-14,16,25H,9-12,15H2,1-2H3. The van der Waals surface area contributed by atoms with E-state index in [4.69, 9.17) is 9.47 Å². The van der Waals surface area contributed by atoms with E-state index >= 15 is 0 Å². The van der Waals surface area contributed by atoms with Crippen LogP contribution in [-0.2, 0) is 16.9 Å². The molecule has 3 aromatic rings. The lowest BCUT2D eigenvalue weighted by Crippen LogP contribution is -2.45. The SMILES string of the molecule is CC(C)Oc1ccc2[nH]c(C(=O)N3CCC4(CC3)OCc3ccccc34)cc2c1. The normalized spacial score (nSPS) is 17.8. The van der Waals surface area contributed by atoms with Gasteiger partial charge in [0.1, 0.15) is 11.4 Å². The molecule has 2 aliphatic rings. The first kappa shape index (κ1) is 18.3. The molecule has 0 saturated carbocycles. The summed E-state index contributed by atoms with van der Waals surface area (Å²) in [5.74, 6) is 0.871. The highest BCUT2D eigenvalue weighted by molar-refractivity contribution is 5.98. The van der Waals surface area contributed by atoms with Gasteiger partial charge in [0.05, 0.1) is 18.3 Å². The van der Waals surface area contributed by atoms with Crippen LogP contribution in [0, 0.1) is 0 Å². The van der Waals surface area contributed by atoms with E-state index < -0.39 is 0 Å². The Labute approximate surface area is 170 Å². The van der Waals surface area contributed by atoms with Crippen LogP contribution in [0.2, 0.25) is 0 Å². The second kappa shape index (κ2) is 6.92. The molecule has 29 heavy (non-hydrogen) atoms. The number of carbonyl (C=O) groups excluding carboxylic acids is 1. The minimum Gasteiger partial charge on any atom is -0.491 e. The highest BCUT2D eigenvalue weighted by Gasteiger charge is 2.43. The number of fused-ring (bicyclic) bond motifs is 3. The molecule has 5 nitrogen and oxygen atoms in total. The van der Waals surface area contributed by atoms with Crippen LogP contribution in [0.3, 0.4) is 0 Å². The summed E-state index contributed by atoms with van der Waals surface area (Å²) in [5.41, 5.74) is 3.94. The summed E-state index contributed by atoms with van der Waals surface area (Å²) in [6, 6.07) is 16.3. The number of amides is 1. The molecular formula is C24H26N2O3. The van der Waals surface area contributed by atoms with Crippen molar-refractivity contribution in [1.29, 1.82) is 0 Å². The molecule has 5 heteroatoms. The maximum atomic E-state index is 13.1. The molecule has 2 aromatic carbocycles. The number of nitrogens with zero attached hydrogens (tertiary/aromatic N) is 1. The minimum absolute atomic E-state index is 0.0497. The smallest absolute Gasteiger partial charge is 0.270 e. The molecule has 1 N–H and O–H groups in total. The number of aromatic nitrogens is 1. The maximum absolute atomic E-state index is 13.1. The lowest BCUT2D eigenvalue weighted by atomic mass is 9.84. The van der Waals surface area contributed by atoms with Crippen LogP contribution in [0.25, 0.3) is 10.9 Å². The van der Waals surface area contributed by atoms with Gasteiger partial charge in [0.15, 0.2) is 0 Å². The number of nitrogens with one attached hydrogen (secondary N) is 1. The molecule has 3 heterocycles. The van der Waals surface area contributed by atoms with E-state index in [2.05, 4.69) is 29.2 Å². The van der Waals surface area contributed by atoms with Gasteiger partial charge in [0.25, 0.3) is 5.91 Å². The van der Waals surface area contributed by atoms with Crippen LogP contribution < -0.4 is 4.74 Å². The summed E-state index contributed by atoms with van der Waals surface area (Å²) in [4.78, 5) is 18.3. The van der Waals surface area contributed by atoms with Crippen LogP contribution >= 0.6 is 0 Å². The number of hydrogen-bond donors (Lipinski definition) is 1. The van der Waals surface area contributed by atoms with Gasteiger partial charge in [-0.2, -0.15) is 0 Å². The molecule has 150 valence electrons. The topological polar surface area (TPSA) is 54.6 Å². The third-order valence-electron chi connectivity index (χ3n) is 6.06. The van der Waals surface area contributed by atoms with Gasteiger partial charge >= 0.3 is 0 Å². The number of aromatic amines is 1. The summed E-state index contributed by atoms with van der Waals surface area (Å²) in [5, 5.41) is 0.994. The van der Waals surface area contributed by atoms with Gasteiger partial charge in [-0.15, -0.1) is 0 Å². The Morgan fingerprint density at radius 2 is 1.93 bits per heavy atom. The molecule has 1 aromatic heterocycles. The number of piperidine rings is 1. The molecule has 0 radical (unpaired) electrons. The molecular weight excluding hydrogens is 364 g/mol. The van der Waals surface area contributed by atoms with E-state index in [1.54, 1.807) is 0 Å². The molecule has 0 unspecified atom stereocenters. The van der Waals surface area contributed by atoms with Crippen molar-refractivity contribution in [2.45, 2.75) is 45.0 Å². The van der Waals surface area contributed by atoms with Crippen LogP contribution in [0.15, 0.2) is 48.5 Å². The van der Waals surface area contributed by atoms with Crippen molar-refractivity contribution in [3.8, 4) is 5.75 Å². The Hall–Kier alpha value is -2.79. The largest absolute Gasteiger partial charge is 0.491 e. The summed E-state index contributed by atoms with van der Waals surface area (Å²) in [7, 11) is 0. The van der Waals surface area contributed by atoms with E-state index in [-0.39, 0.29) is 17.6 Å². The molecule has 0 atom stereocenters. The lowest BCUT2D eigenvalue weighted by Gasteiger charge is -2.39. The summed E-state index contributed by atoms with van der Waals surface area (Å²) < 4.78 is 12.0. The maximum Gasteiger partial charge on any atom is 0.270 e. The first-order valence-corrected chi connectivity index (χ1v) is 10.4. The van der Waals surface area contributed by atoms with Crippen LogP contribution in [0.5, 0.6) is 5.75 Å². The highest BCUT2D eigenvalue weighted by Crippen LogP contribution is 2.44.